The number of hydrogen-bond donors (Lipinski definition) is 2. The third-order valence-electron chi connectivity index (χ3n) is 8.05. The van der Waals surface area contributed by atoms with Crippen molar-refractivity contribution in [3.05, 3.63) is 89.1 Å². The van der Waals surface area contributed by atoms with E-state index >= 15 is 0 Å². The summed E-state index contributed by atoms with van der Waals surface area (Å²) in [7, 11) is 0. The van der Waals surface area contributed by atoms with E-state index in [4.69, 9.17) is 53.2 Å². The Labute approximate surface area is 289 Å². The van der Waals surface area contributed by atoms with Gasteiger partial charge in [0, 0.05) is 31.5 Å². The number of unbranched alkanes of at least 4 members (excludes halogenated alkanes) is 2. The lowest BCUT2D eigenvalue weighted by Gasteiger charge is -2.33. The fourth-order valence-electron chi connectivity index (χ4n) is 5.69. The molecule has 0 amide bonds. The summed E-state index contributed by atoms with van der Waals surface area (Å²) < 4.78 is 10.8. The maximum absolute atomic E-state index is 8.96. The van der Waals surface area contributed by atoms with Crippen LogP contribution in [-0.2, 0) is 0 Å². The Morgan fingerprint density at radius 2 is 1.44 bits per heavy atom. The Balaban J connectivity index is 1.28. The first kappa shape index (κ1) is 33.0. The highest BCUT2D eigenvalue weighted by atomic mass is 35.5. The molecule has 0 spiro atoms. The number of halogens is 2. The molecule has 6 rings (SSSR count). The SMILES string of the molecule is N#CCCCOc1nc(-c2cccc(C3=CC=CC(c4ccc(C5=NCCN5)c(OCCCC#N)n4)C3(Cl)Cl)c2)ccc1C1=NCCN1. The number of pyridine rings is 2. The van der Waals surface area contributed by atoms with Crippen LogP contribution in [0.25, 0.3) is 16.8 Å². The molecule has 244 valence electrons. The molecule has 0 radical (unpaired) electrons. The molecule has 1 atom stereocenters. The lowest BCUT2D eigenvalue weighted by Crippen LogP contribution is -2.28. The summed E-state index contributed by atoms with van der Waals surface area (Å²) in [5, 5.41) is 24.5. The number of benzene rings is 1. The normalized spacial score (nSPS) is 17.7. The Morgan fingerprint density at radius 3 is 2.06 bits per heavy atom. The number of nitrogens with zero attached hydrogens (tertiary/aromatic N) is 6. The van der Waals surface area contributed by atoms with Gasteiger partial charge in [0.05, 0.1) is 66.9 Å². The molecular formula is C36H34Cl2N8O2. The lowest BCUT2D eigenvalue weighted by atomic mass is 9.85. The number of aliphatic imine (C=N–C) groups is 2. The molecule has 2 aliphatic heterocycles. The molecule has 1 unspecified atom stereocenters. The molecule has 0 saturated carbocycles. The van der Waals surface area contributed by atoms with Crippen LogP contribution < -0.4 is 20.1 Å². The molecular weight excluding hydrogens is 647 g/mol. The first-order valence-corrected chi connectivity index (χ1v) is 16.7. The summed E-state index contributed by atoms with van der Waals surface area (Å²) in [6.45, 7) is 3.61. The third kappa shape index (κ3) is 7.31. The van der Waals surface area contributed by atoms with Crippen LogP contribution in [0.2, 0.25) is 0 Å². The van der Waals surface area contributed by atoms with Crippen LogP contribution in [0.15, 0.2) is 76.7 Å². The van der Waals surface area contributed by atoms with Crippen molar-refractivity contribution in [1.29, 1.82) is 10.5 Å². The van der Waals surface area contributed by atoms with E-state index in [-0.39, 0.29) is 0 Å². The summed E-state index contributed by atoms with van der Waals surface area (Å²) in [5.74, 6) is 1.89. The number of ether oxygens (including phenoxy) is 2. The van der Waals surface area contributed by atoms with E-state index in [9.17, 15) is 0 Å². The van der Waals surface area contributed by atoms with Crippen LogP contribution >= 0.6 is 23.2 Å². The minimum atomic E-state index is -1.36. The standard InChI is InChI=1S/C36H34Cl2N8O2/c37-36(38)28(9-6-10-29(36)31-14-12-27(33-43-19-20-44-33)35(46-31)48-22-4-2-16-40)24-7-5-8-25(23-24)30-13-11-26(32-41-17-18-42-32)34(45-30)47-21-3-1-15-39/h5-14,23,29H,1-4,17-22H2,(H,41,42)(H,43,44). The van der Waals surface area contributed by atoms with Crippen molar-refractivity contribution in [2.24, 2.45) is 9.98 Å². The molecule has 2 aromatic heterocycles. The minimum absolute atomic E-state index is 0.349. The van der Waals surface area contributed by atoms with E-state index in [0.717, 1.165) is 52.6 Å². The van der Waals surface area contributed by atoms with Crippen molar-refractivity contribution in [2.75, 3.05) is 39.4 Å². The fourth-order valence-corrected chi connectivity index (χ4v) is 6.40. The predicted molar refractivity (Wildman–Crippen MR) is 188 cm³/mol. The number of allylic oxidation sites excluding steroid dienone is 4. The van der Waals surface area contributed by atoms with Crippen molar-refractivity contribution in [2.45, 2.75) is 35.9 Å². The van der Waals surface area contributed by atoms with Crippen LogP contribution in [0.1, 0.15) is 54.0 Å². The molecule has 3 aromatic rings. The van der Waals surface area contributed by atoms with Gasteiger partial charge in [-0.05, 0) is 54.3 Å². The van der Waals surface area contributed by atoms with E-state index in [2.05, 4.69) is 32.8 Å². The van der Waals surface area contributed by atoms with Crippen molar-refractivity contribution in [3.8, 4) is 35.2 Å². The Bertz CT molecular complexity index is 1870. The van der Waals surface area contributed by atoms with Gasteiger partial charge < -0.3 is 20.1 Å². The van der Waals surface area contributed by atoms with Crippen LogP contribution in [0.3, 0.4) is 0 Å². The van der Waals surface area contributed by atoms with Crippen LogP contribution in [0.4, 0.5) is 0 Å². The topological polar surface area (TPSA) is 141 Å². The summed E-state index contributed by atoms with van der Waals surface area (Å²) >= 11 is 14.5. The Hall–Kier alpha value is -4.90. The van der Waals surface area contributed by atoms with Gasteiger partial charge in [0.1, 0.15) is 11.7 Å². The van der Waals surface area contributed by atoms with Gasteiger partial charge in [-0.3, -0.25) is 9.98 Å². The number of amidine groups is 2. The first-order chi connectivity index (χ1) is 23.5. The Morgan fingerprint density at radius 1 is 0.812 bits per heavy atom. The number of alkyl halides is 2. The van der Waals surface area contributed by atoms with Gasteiger partial charge in [-0.15, -0.1) is 0 Å². The van der Waals surface area contributed by atoms with Crippen molar-refractivity contribution in [1.82, 2.24) is 20.6 Å². The predicted octanol–water partition coefficient (Wildman–Crippen LogP) is 6.12. The number of hydrogen-bond acceptors (Lipinski definition) is 10. The number of nitrogens with one attached hydrogen (secondary N) is 2. The average molecular weight is 682 g/mol. The molecule has 3 aliphatic rings. The van der Waals surface area contributed by atoms with E-state index in [1.54, 1.807) is 0 Å². The molecule has 12 heteroatoms. The van der Waals surface area contributed by atoms with Gasteiger partial charge in [-0.25, -0.2) is 9.97 Å². The minimum Gasteiger partial charge on any atom is -0.477 e. The van der Waals surface area contributed by atoms with Crippen molar-refractivity contribution < 1.29 is 9.47 Å². The molecule has 0 bridgehead atoms. The zero-order chi connectivity index (χ0) is 33.3. The quantitative estimate of drug-likeness (QED) is 0.163. The van der Waals surface area contributed by atoms with Crippen molar-refractivity contribution >= 4 is 40.4 Å². The largest absolute Gasteiger partial charge is 0.477 e. The summed E-state index contributed by atoms with van der Waals surface area (Å²) in [4.78, 5) is 18.8. The van der Waals surface area contributed by atoms with Crippen molar-refractivity contribution in [3.63, 3.8) is 0 Å². The monoisotopic (exact) mass is 680 g/mol. The third-order valence-corrected chi connectivity index (χ3v) is 8.93. The van der Waals surface area contributed by atoms with Crippen LogP contribution in [0, 0.1) is 22.7 Å². The summed E-state index contributed by atoms with van der Waals surface area (Å²) in [6, 6.07) is 19.9. The maximum Gasteiger partial charge on any atom is 0.225 e. The molecule has 48 heavy (non-hydrogen) atoms. The van der Waals surface area contributed by atoms with E-state index in [0.29, 0.717) is 75.1 Å². The summed E-state index contributed by atoms with van der Waals surface area (Å²) in [6.07, 6.45) is 7.79. The second kappa shape index (κ2) is 15.3. The summed E-state index contributed by atoms with van der Waals surface area (Å²) in [5.41, 5.74) is 5.33. The highest BCUT2D eigenvalue weighted by Crippen LogP contribution is 2.50. The van der Waals surface area contributed by atoms with Crippen LogP contribution in [-0.4, -0.2) is 65.4 Å². The molecule has 10 nitrogen and oxygen atoms in total. The van der Waals surface area contributed by atoms with Gasteiger partial charge in [0.15, 0.2) is 4.33 Å². The van der Waals surface area contributed by atoms with Gasteiger partial charge in [-0.1, -0.05) is 59.6 Å². The van der Waals surface area contributed by atoms with Gasteiger partial charge >= 0.3 is 0 Å². The van der Waals surface area contributed by atoms with Gasteiger partial charge in [0.25, 0.3) is 0 Å². The Kier molecular flexibility index (Phi) is 10.5. The highest BCUT2D eigenvalue weighted by molar-refractivity contribution is 6.55. The maximum atomic E-state index is 8.96. The molecule has 2 N–H and O–H groups in total. The number of nitriles is 2. The van der Waals surface area contributed by atoms with Gasteiger partial charge in [0.2, 0.25) is 11.8 Å². The van der Waals surface area contributed by atoms with Gasteiger partial charge in [-0.2, -0.15) is 10.5 Å². The molecule has 1 aliphatic carbocycles. The number of rotatable bonds is 13. The molecule has 4 heterocycles. The van der Waals surface area contributed by atoms with E-state index < -0.39 is 10.3 Å². The smallest absolute Gasteiger partial charge is 0.225 e. The molecule has 0 saturated heterocycles. The van der Waals surface area contributed by atoms with Crippen LogP contribution in [0.5, 0.6) is 11.8 Å². The van der Waals surface area contributed by atoms with E-state index in [1.807, 2.05) is 66.8 Å². The second-order valence-electron chi connectivity index (χ2n) is 11.3. The highest BCUT2D eigenvalue weighted by Gasteiger charge is 2.41. The lowest BCUT2D eigenvalue weighted by molar-refractivity contribution is 0.299. The van der Waals surface area contributed by atoms with E-state index in [1.165, 1.54) is 0 Å². The zero-order valence-corrected chi connectivity index (χ0v) is 27.8. The number of aromatic nitrogens is 2. The molecule has 0 fully saturated rings. The zero-order valence-electron chi connectivity index (χ0n) is 26.3. The fraction of sp³-hybridized carbons (Fsp3) is 0.333. The molecule has 1 aromatic carbocycles. The second-order valence-corrected chi connectivity index (χ2v) is 12.7. The average Bonchev–Trinajstić information content (AvgIpc) is 3.84. The first-order valence-electron chi connectivity index (χ1n) is 16.0.